The molecule has 0 atom stereocenters. The van der Waals surface area contributed by atoms with Crippen LogP contribution in [0.5, 0.6) is 0 Å². The fourth-order valence-electron chi connectivity index (χ4n) is 3.26. The number of nitrogens with one attached hydrogen (secondary N) is 1. The van der Waals surface area contributed by atoms with Crippen molar-refractivity contribution in [2.24, 2.45) is 0 Å². The fraction of sp³-hybridized carbons (Fsp3) is 0.136. The van der Waals surface area contributed by atoms with Crippen LogP contribution in [-0.4, -0.2) is 15.5 Å². The standard InChI is InChI=1S/C22H17BrFN3O2S/c1-2-17-19(13-7-9-14(23)10-8-13)20-21(30-17)25-12-27(22(20)29)11-18(28)26-16-6-4-3-5-15(16)24/h3-10,12H,2,11H2,1H3,(H,26,28). The maximum absolute atomic E-state index is 13.8. The lowest BCUT2D eigenvalue weighted by molar-refractivity contribution is -0.116. The summed E-state index contributed by atoms with van der Waals surface area (Å²) in [5.74, 6) is -1.03. The van der Waals surface area contributed by atoms with Crippen molar-refractivity contribution >= 4 is 49.1 Å². The minimum atomic E-state index is -0.533. The number of anilines is 1. The maximum atomic E-state index is 13.8. The average Bonchev–Trinajstić information content (AvgIpc) is 3.12. The zero-order chi connectivity index (χ0) is 21.3. The Morgan fingerprint density at radius 3 is 2.63 bits per heavy atom. The lowest BCUT2D eigenvalue weighted by atomic mass is 10.0. The molecule has 5 nitrogen and oxygen atoms in total. The number of rotatable bonds is 5. The summed E-state index contributed by atoms with van der Waals surface area (Å²) in [5, 5.41) is 3.00. The molecule has 1 amide bonds. The molecule has 0 saturated heterocycles. The van der Waals surface area contributed by atoms with Crippen LogP contribution in [0.1, 0.15) is 11.8 Å². The zero-order valence-corrected chi connectivity index (χ0v) is 18.4. The highest BCUT2D eigenvalue weighted by Gasteiger charge is 2.19. The van der Waals surface area contributed by atoms with E-state index >= 15 is 0 Å². The van der Waals surface area contributed by atoms with Gasteiger partial charge >= 0.3 is 0 Å². The third-order valence-corrected chi connectivity index (χ3v) is 6.44. The van der Waals surface area contributed by atoms with Crippen LogP contribution in [0.15, 0.2) is 64.1 Å². The molecule has 0 aliphatic rings. The van der Waals surface area contributed by atoms with Crippen LogP contribution in [0, 0.1) is 5.82 Å². The molecule has 2 aromatic heterocycles. The van der Waals surface area contributed by atoms with Crippen LogP contribution in [0.2, 0.25) is 0 Å². The Kier molecular flexibility index (Phi) is 5.78. The van der Waals surface area contributed by atoms with Crippen molar-refractivity contribution < 1.29 is 9.18 Å². The Bertz CT molecular complexity index is 1300. The van der Waals surface area contributed by atoms with Gasteiger partial charge < -0.3 is 5.32 Å². The summed E-state index contributed by atoms with van der Waals surface area (Å²) in [6, 6.07) is 13.6. The molecule has 0 radical (unpaired) electrons. The SMILES string of the molecule is CCc1sc2ncn(CC(=O)Nc3ccccc3F)c(=O)c2c1-c1ccc(Br)cc1. The van der Waals surface area contributed by atoms with Crippen LogP contribution < -0.4 is 10.9 Å². The predicted molar refractivity (Wildman–Crippen MR) is 121 cm³/mol. The van der Waals surface area contributed by atoms with Gasteiger partial charge in [-0.1, -0.05) is 47.1 Å². The molecule has 1 N–H and O–H groups in total. The Balaban J connectivity index is 1.74. The van der Waals surface area contributed by atoms with Gasteiger partial charge in [0.25, 0.3) is 5.56 Å². The Morgan fingerprint density at radius 2 is 1.93 bits per heavy atom. The summed E-state index contributed by atoms with van der Waals surface area (Å²) in [6.45, 7) is 1.78. The highest BCUT2D eigenvalue weighted by atomic mass is 79.9. The normalized spacial score (nSPS) is 11.0. The van der Waals surface area contributed by atoms with Crippen molar-refractivity contribution in [2.75, 3.05) is 5.32 Å². The minimum Gasteiger partial charge on any atom is -0.322 e. The van der Waals surface area contributed by atoms with Crippen molar-refractivity contribution in [2.45, 2.75) is 19.9 Å². The number of aryl methyl sites for hydroxylation is 1. The number of halogens is 2. The van der Waals surface area contributed by atoms with E-state index in [9.17, 15) is 14.0 Å². The van der Waals surface area contributed by atoms with Crippen molar-refractivity contribution in [1.29, 1.82) is 0 Å². The van der Waals surface area contributed by atoms with E-state index in [0.717, 1.165) is 26.9 Å². The first-order valence-corrected chi connectivity index (χ1v) is 10.9. The fourth-order valence-corrected chi connectivity index (χ4v) is 4.62. The molecule has 0 saturated carbocycles. The summed E-state index contributed by atoms with van der Waals surface area (Å²) in [5.41, 5.74) is 1.56. The molecule has 4 aromatic rings. The summed E-state index contributed by atoms with van der Waals surface area (Å²) < 4.78 is 16.0. The van der Waals surface area contributed by atoms with Crippen LogP contribution >= 0.6 is 27.3 Å². The van der Waals surface area contributed by atoms with Crippen molar-refractivity contribution in [3.8, 4) is 11.1 Å². The molecular weight excluding hydrogens is 469 g/mol. The van der Waals surface area contributed by atoms with Crippen LogP contribution in [0.25, 0.3) is 21.3 Å². The molecule has 152 valence electrons. The van der Waals surface area contributed by atoms with Crippen LogP contribution in [0.3, 0.4) is 0 Å². The number of benzene rings is 2. The summed E-state index contributed by atoms with van der Waals surface area (Å²) in [7, 11) is 0. The van der Waals surface area contributed by atoms with Gasteiger partial charge in [-0.15, -0.1) is 11.3 Å². The molecule has 0 spiro atoms. The number of thiophene rings is 1. The third kappa shape index (κ3) is 3.93. The molecule has 2 heterocycles. The average molecular weight is 486 g/mol. The molecule has 0 aliphatic heterocycles. The Hall–Kier alpha value is -2.84. The topological polar surface area (TPSA) is 64.0 Å². The van der Waals surface area contributed by atoms with Gasteiger partial charge in [0, 0.05) is 14.9 Å². The molecule has 30 heavy (non-hydrogen) atoms. The van der Waals surface area contributed by atoms with E-state index in [4.69, 9.17) is 0 Å². The molecular formula is C22H17BrFN3O2S. The Morgan fingerprint density at radius 1 is 1.20 bits per heavy atom. The van der Waals surface area contributed by atoms with E-state index in [1.54, 1.807) is 12.1 Å². The van der Waals surface area contributed by atoms with Crippen molar-refractivity contribution in [3.63, 3.8) is 0 Å². The Labute approximate surface area is 184 Å². The van der Waals surface area contributed by atoms with E-state index in [0.29, 0.717) is 10.2 Å². The van der Waals surface area contributed by atoms with Gasteiger partial charge in [-0.25, -0.2) is 9.37 Å². The van der Waals surface area contributed by atoms with Gasteiger partial charge in [0.2, 0.25) is 5.91 Å². The van der Waals surface area contributed by atoms with Gasteiger partial charge in [0.1, 0.15) is 17.2 Å². The molecule has 4 rings (SSSR count). The molecule has 2 aromatic carbocycles. The number of para-hydroxylation sites is 1. The van der Waals surface area contributed by atoms with Crippen molar-refractivity contribution in [3.05, 3.63) is 80.4 Å². The van der Waals surface area contributed by atoms with E-state index in [1.807, 2.05) is 31.2 Å². The number of carbonyl (C=O) groups excluding carboxylic acids is 1. The van der Waals surface area contributed by atoms with Gasteiger partial charge in [-0.3, -0.25) is 14.2 Å². The largest absolute Gasteiger partial charge is 0.322 e. The molecule has 8 heteroatoms. The molecule has 0 bridgehead atoms. The van der Waals surface area contributed by atoms with E-state index in [1.165, 1.54) is 34.4 Å². The lowest BCUT2D eigenvalue weighted by Gasteiger charge is -2.09. The maximum Gasteiger partial charge on any atom is 0.263 e. The first kappa shape index (κ1) is 20.4. The number of amides is 1. The number of aromatic nitrogens is 2. The van der Waals surface area contributed by atoms with Crippen molar-refractivity contribution in [1.82, 2.24) is 9.55 Å². The van der Waals surface area contributed by atoms with Gasteiger partial charge in [-0.2, -0.15) is 0 Å². The molecule has 0 unspecified atom stereocenters. The first-order valence-electron chi connectivity index (χ1n) is 9.29. The predicted octanol–water partition coefficient (Wildman–Crippen LogP) is 5.23. The lowest BCUT2D eigenvalue weighted by Crippen LogP contribution is -2.28. The second kappa shape index (κ2) is 8.49. The summed E-state index contributed by atoms with van der Waals surface area (Å²) in [4.78, 5) is 31.8. The van der Waals surface area contributed by atoms with Gasteiger partial charge in [0.15, 0.2) is 0 Å². The zero-order valence-electron chi connectivity index (χ0n) is 16.0. The summed E-state index contributed by atoms with van der Waals surface area (Å²) >= 11 is 4.92. The second-order valence-electron chi connectivity index (χ2n) is 6.65. The minimum absolute atomic E-state index is 0.0731. The molecule has 0 fully saturated rings. The van der Waals surface area contributed by atoms with E-state index in [2.05, 4.69) is 26.2 Å². The number of hydrogen-bond acceptors (Lipinski definition) is 4. The quantitative estimate of drug-likeness (QED) is 0.421. The van der Waals surface area contributed by atoms with Gasteiger partial charge in [0.05, 0.1) is 17.4 Å². The molecule has 0 aliphatic carbocycles. The highest BCUT2D eigenvalue weighted by molar-refractivity contribution is 9.10. The van der Waals surface area contributed by atoms with Gasteiger partial charge in [-0.05, 0) is 36.2 Å². The third-order valence-electron chi connectivity index (χ3n) is 4.67. The van der Waals surface area contributed by atoms with Crippen LogP contribution in [-0.2, 0) is 17.8 Å². The number of fused-ring (bicyclic) bond motifs is 1. The smallest absolute Gasteiger partial charge is 0.263 e. The number of carbonyl (C=O) groups is 1. The number of nitrogens with zero attached hydrogens (tertiary/aromatic N) is 2. The highest BCUT2D eigenvalue weighted by Crippen LogP contribution is 2.36. The summed E-state index contributed by atoms with van der Waals surface area (Å²) in [6.07, 6.45) is 2.13. The monoisotopic (exact) mass is 485 g/mol. The first-order chi connectivity index (χ1) is 14.5. The van der Waals surface area contributed by atoms with E-state index in [-0.39, 0.29) is 17.8 Å². The van der Waals surface area contributed by atoms with Crippen LogP contribution in [0.4, 0.5) is 10.1 Å². The second-order valence-corrected chi connectivity index (χ2v) is 8.65. The number of hydrogen-bond donors (Lipinski definition) is 1. The van der Waals surface area contributed by atoms with E-state index < -0.39 is 11.7 Å².